The summed E-state index contributed by atoms with van der Waals surface area (Å²) in [6, 6.07) is 11.2. The molecule has 9 heteroatoms. The molecule has 0 aromatic heterocycles. The number of amides is 2. The van der Waals surface area contributed by atoms with Gasteiger partial charge in [-0.1, -0.05) is 41.9 Å². The minimum atomic E-state index is -3.90. The first-order chi connectivity index (χ1) is 16.2. The van der Waals surface area contributed by atoms with Crippen LogP contribution in [0.25, 0.3) is 0 Å². The normalized spacial score (nSPS) is 18.6. The van der Waals surface area contributed by atoms with E-state index in [-0.39, 0.29) is 23.3 Å². The van der Waals surface area contributed by atoms with Gasteiger partial charge in [-0.25, -0.2) is 8.42 Å². The number of hydrogen-bond donors (Lipinski definition) is 1. The Labute approximate surface area is 209 Å². The fraction of sp³-hybridized carbons (Fsp3) is 0.440. The zero-order valence-corrected chi connectivity index (χ0v) is 21.9. The van der Waals surface area contributed by atoms with E-state index in [4.69, 9.17) is 0 Å². The van der Waals surface area contributed by atoms with Crippen LogP contribution in [0.2, 0.25) is 0 Å². The molecule has 2 aromatic carbocycles. The van der Waals surface area contributed by atoms with Crippen LogP contribution in [0.4, 0.5) is 11.4 Å². The van der Waals surface area contributed by atoms with Crippen molar-refractivity contribution >= 4 is 49.1 Å². The SMILES string of the molecule is CCC(=O)N1CCc2cc(Br)cc(S(=O)(=O)N3CCCC(C(=O)Nc4cccc(CC)c4)C3)c21. The Bertz CT molecular complexity index is 1210. The van der Waals surface area contributed by atoms with Crippen molar-refractivity contribution in [2.75, 3.05) is 29.9 Å². The number of fused-ring (bicyclic) bond motifs is 1. The average molecular weight is 549 g/mol. The molecule has 0 spiro atoms. The van der Waals surface area contributed by atoms with Gasteiger partial charge in [-0.05, 0) is 61.1 Å². The zero-order chi connectivity index (χ0) is 24.5. The molecular formula is C25H30BrN3O4S. The standard InChI is InChI=1S/C25H30BrN3O4S/c1-3-17-7-5-9-21(13-17)27-25(31)19-8-6-11-28(16-19)34(32,33)22-15-20(26)14-18-10-12-29(24(18)22)23(30)4-2/h5,7,9,13-15,19H,3-4,6,8,10-12,16H2,1-2H3,(H,27,31). The summed E-state index contributed by atoms with van der Waals surface area (Å²) in [7, 11) is -3.90. The summed E-state index contributed by atoms with van der Waals surface area (Å²) in [5.74, 6) is -0.708. The maximum Gasteiger partial charge on any atom is 0.245 e. The van der Waals surface area contributed by atoms with Gasteiger partial charge in [-0.2, -0.15) is 4.31 Å². The molecule has 4 rings (SSSR count). The number of piperidine rings is 1. The van der Waals surface area contributed by atoms with Crippen molar-refractivity contribution in [3.8, 4) is 0 Å². The molecule has 182 valence electrons. The zero-order valence-electron chi connectivity index (χ0n) is 19.5. The number of anilines is 2. The second kappa shape index (κ2) is 10.2. The molecule has 7 nitrogen and oxygen atoms in total. The first kappa shape index (κ1) is 24.9. The van der Waals surface area contributed by atoms with Crippen LogP contribution in [-0.4, -0.2) is 44.2 Å². The summed E-state index contributed by atoms with van der Waals surface area (Å²) in [5, 5.41) is 2.96. The van der Waals surface area contributed by atoms with Crippen LogP contribution >= 0.6 is 15.9 Å². The number of nitrogens with zero attached hydrogens (tertiary/aromatic N) is 2. The van der Waals surface area contributed by atoms with Gasteiger partial charge >= 0.3 is 0 Å². The third kappa shape index (κ3) is 4.92. The molecule has 2 aliphatic rings. The summed E-state index contributed by atoms with van der Waals surface area (Å²) < 4.78 is 29.7. The van der Waals surface area contributed by atoms with E-state index < -0.39 is 15.9 Å². The van der Waals surface area contributed by atoms with E-state index in [9.17, 15) is 18.0 Å². The van der Waals surface area contributed by atoms with Crippen molar-refractivity contribution in [3.05, 3.63) is 52.0 Å². The number of carbonyl (C=O) groups excluding carboxylic acids is 2. The maximum atomic E-state index is 13.8. The van der Waals surface area contributed by atoms with Crippen molar-refractivity contribution in [3.63, 3.8) is 0 Å². The van der Waals surface area contributed by atoms with Gasteiger partial charge in [-0.3, -0.25) is 9.59 Å². The first-order valence-electron chi connectivity index (χ1n) is 11.8. The summed E-state index contributed by atoms with van der Waals surface area (Å²) in [5.41, 5.74) is 3.18. The predicted octanol–water partition coefficient (Wildman–Crippen LogP) is 4.35. The molecule has 1 saturated heterocycles. The maximum absolute atomic E-state index is 13.8. The second-order valence-electron chi connectivity index (χ2n) is 8.81. The number of benzene rings is 2. The van der Waals surface area contributed by atoms with Crippen molar-refractivity contribution < 1.29 is 18.0 Å². The molecular weight excluding hydrogens is 518 g/mol. The Morgan fingerprint density at radius 2 is 1.94 bits per heavy atom. The Morgan fingerprint density at radius 1 is 1.15 bits per heavy atom. The van der Waals surface area contributed by atoms with Gasteiger partial charge in [-0.15, -0.1) is 0 Å². The molecule has 34 heavy (non-hydrogen) atoms. The Kier molecular flexibility index (Phi) is 7.45. The highest BCUT2D eigenvalue weighted by Gasteiger charge is 2.38. The highest BCUT2D eigenvalue weighted by atomic mass is 79.9. The summed E-state index contributed by atoms with van der Waals surface area (Å²) in [6.07, 6.45) is 3.02. The number of hydrogen-bond acceptors (Lipinski definition) is 4. The smallest absolute Gasteiger partial charge is 0.245 e. The molecule has 2 heterocycles. The fourth-order valence-corrected chi connectivity index (χ4v) is 7.18. The first-order valence-corrected chi connectivity index (χ1v) is 14.0. The third-order valence-corrected chi connectivity index (χ3v) is 8.91. The Morgan fingerprint density at radius 3 is 2.68 bits per heavy atom. The van der Waals surface area contributed by atoms with E-state index in [0.717, 1.165) is 23.2 Å². The lowest BCUT2D eigenvalue weighted by Crippen LogP contribution is -2.44. The quantitative estimate of drug-likeness (QED) is 0.582. The molecule has 0 radical (unpaired) electrons. The fourth-order valence-electron chi connectivity index (χ4n) is 4.73. The number of halogens is 1. The number of rotatable bonds is 6. The number of carbonyl (C=O) groups is 2. The highest BCUT2D eigenvalue weighted by molar-refractivity contribution is 9.10. The lowest BCUT2D eigenvalue weighted by Gasteiger charge is -2.32. The molecule has 2 aliphatic heterocycles. The number of nitrogens with one attached hydrogen (secondary N) is 1. The number of aryl methyl sites for hydroxylation is 1. The molecule has 1 fully saturated rings. The van der Waals surface area contributed by atoms with Crippen LogP contribution in [-0.2, 0) is 32.5 Å². The topological polar surface area (TPSA) is 86.8 Å². The highest BCUT2D eigenvalue weighted by Crippen LogP contribution is 2.40. The monoisotopic (exact) mass is 547 g/mol. The lowest BCUT2D eigenvalue weighted by molar-refractivity contribution is -0.121. The summed E-state index contributed by atoms with van der Waals surface area (Å²) in [6.45, 7) is 4.77. The predicted molar refractivity (Wildman–Crippen MR) is 136 cm³/mol. The van der Waals surface area contributed by atoms with Crippen LogP contribution in [0.5, 0.6) is 0 Å². The van der Waals surface area contributed by atoms with E-state index in [0.29, 0.717) is 48.9 Å². The lowest BCUT2D eigenvalue weighted by atomic mass is 9.98. The van der Waals surface area contributed by atoms with E-state index in [1.54, 1.807) is 17.9 Å². The van der Waals surface area contributed by atoms with Crippen molar-refractivity contribution in [2.45, 2.75) is 50.8 Å². The molecule has 0 saturated carbocycles. The van der Waals surface area contributed by atoms with Crippen molar-refractivity contribution in [1.82, 2.24) is 4.31 Å². The Balaban J connectivity index is 1.59. The minimum absolute atomic E-state index is 0.0947. The van der Waals surface area contributed by atoms with E-state index in [1.165, 1.54) is 4.31 Å². The van der Waals surface area contributed by atoms with Gasteiger partial charge in [0.2, 0.25) is 21.8 Å². The van der Waals surface area contributed by atoms with E-state index in [2.05, 4.69) is 28.2 Å². The average Bonchev–Trinajstić information content (AvgIpc) is 3.26. The van der Waals surface area contributed by atoms with Crippen LogP contribution in [0.15, 0.2) is 45.8 Å². The molecule has 0 aliphatic carbocycles. The van der Waals surface area contributed by atoms with Gasteiger partial charge in [0.15, 0.2) is 0 Å². The van der Waals surface area contributed by atoms with Crippen LogP contribution in [0.3, 0.4) is 0 Å². The molecule has 0 bridgehead atoms. The minimum Gasteiger partial charge on any atom is -0.326 e. The van der Waals surface area contributed by atoms with Gasteiger partial charge in [0.05, 0.1) is 11.6 Å². The van der Waals surface area contributed by atoms with Gasteiger partial charge in [0, 0.05) is 36.2 Å². The summed E-state index contributed by atoms with van der Waals surface area (Å²) in [4.78, 5) is 27.3. The molecule has 2 aromatic rings. The van der Waals surface area contributed by atoms with Gasteiger partial charge in [0.1, 0.15) is 4.90 Å². The van der Waals surface area contributed by atoms with Crippen molar-refractivity contribution in [2.24, 2.45) is 5.92 Å². The molecule has 1 unspecified atom stereocenters. The summed E-state index contributed by atoms with van der Waals surface area (Å²) >= 11 is 3.44. The van der Waals surface area contributed by atoms with Gasteiger partial charge < -0.3 is 10.2 Å². The molecule has 1 N–H and O–H groups in total. The number of sulfonamides is 1. The second-order valence-corrected chi connectivity index (χ2v) is 11.6. The van der Waals surface area contributed by atoms with Crippen LogP contribution in [0, 0.1) is 5.92 Å². The van der Waals surface area contributed by atoms with Crippen LogP contribution < -0.4 is 10.2 Å². The molecule has 1 atom stereocenters. The largest absolute Gasteiger partial charge is 0.326 e. The molecule has 2 amide bonds. The van der Waals surface area contributed by atoms with E-state index in [1.807, 2.05) is 30.3 Å². The van der Waals surface area contributed by atoms with E-state index >= 15 is 0 Å². The Hall–Kier alpha value is -2.23. The van der Waals surface area contributed by atoms with Crippen LogP contribution in [0.1, 0.15) is 44.2 Å². The van der Waals surface area contributed by atoms with Gasteiger partial charge in [0.25, 0.3) is 0 Å². The van der Waals surface area contributed by atoms with Crippen molar-refractivity contribution in [1.29, 1.82) is 0 Å². The third-order valence-electron chi connectivity index (χ3n) is 6.57.